The molecule has 0 saturated heterocycles. The minimum atomic E-state index is -0.399. The number of carbonyl (C=O) groups excluding carboxylic acids is 1. The van der Waals surface area contributed by atoms with Crippen molar-refractivity contribution in [2.75, 3.05) is 6.61 Å². The fraction of sp³-hybridized carbons (Fsp3) is 0.375. The Labute approximate surface area is 195 Å². The quantitative estimate of drug-likeness (QED) is 0.381. The van der Waals surface area contributed by atoms with Crippen LogP contribution in [0.15, 0.2) is 39.9 Å². The highest BCUT2D eigenvalue weighted by Gasteiger charge is 2.20. The molecule has 34 heavy (non-hydrogen) atoms. The maximum Gasteiger partial charge on any atom is 0.332 e. The summed E-state index contributed by atoms with van der Waals surface area (Å²) in [5, 5.41) is 4.42. The number of carbonyl (C=O) groups is 1. The lowest BCUT2D eigenvalue weighted by atomic mass is 10.1. The molecule has 0 unspecified atom stereocenters. The van der Waals surface area contributed by atoms with Crippen LogP contribution in [0.25, 0.3) is 22.7 Å². The zero-order valence-electron chi connectivity index (χ0n) is 19.8. The number of imidazole rings is 1. The number of hydrogen-bond acceptors (Lipinski definition) is 6. The summed E-state index contributed by atoms with van der Waals surface area (Å²) >= 11 is 0. The normalized spacial score (nSPS) is 11.3. The highest BCUT2D eigenvalue weighted by molar-refractivity contribution is 5.97. The fourth-order valence-electron chi connectivity index (χ4n) is 3.80. The molecule has 10 nitrogen and oxygen atoms in total. The average molecular weight is 465 g/mol. The molecule has 0 spiro atoms. The number of H-pyrrole nitrogens is 1. The first kappa shape index (κ1) is 23.2. The largest absolute Gasteiger partial charge is 0.469 e. The number of nitrogens with zero attached hydrogens (tertiary/aromatic N) is 5. The van der Waals surface area contributed by atoms with Gasteiger partial charge in [-0.1, -0.05) is 43.7 Å². The lowest BCUT2D eigenvalue weighted by Gasteiger charge is -2.09. The van der Waals surface area contributed by atoms with E-state index in [1.54, 1.807) is 25.2 Å². The third-order valence-corrected chi connectivity index (χ3v) is 5.56. The standard InChI is InChI=1S/C24H28N6O4/c1-5-11-29-22-20(23(32)30(12-6-2)24(29)33)25-21(26-22)17-13-19(28(4)27-17)34-14-18(31)16-9-7-15(3)8-10-16/h7-10,13H,5-6,11-12,14H2,1-4H3,(H,25,26). The van der Waals surface area contributed by atoms with Gasteiger partial charge in [0.2, 0.25) is 5.88 Å². The molecule has 0 saturated carbocycles. The number of hydrogen-bond donors (Lipinski definition) is 1. The van der Waals surface area contributed by atoms with Gasteiger partial charge in [-0.25, -0.2) is 14.5 Å². The van der Waals surface area contributed by atoms with Crippen molar-refractivity contribution in [3.05, 3.63) is 62.3 Å². The van der Waals surface area contributed by atoms with Gasteiger partial charge in [0.05, 0.1) is 0 Å². The second-order valence-corrected chi connectivity index (χ2v) is 8.24. The van der Waals surface area contributed by atoms with E-state index in [1.165, 1.54) is 13.8 Å². The van der Waals surface area contributed by atoms with E-state index in [1.807, 2.05) is 32.9 Å². The van der Waals surface area contributed by atoms with E-state index >= 15 is 0 Å². The summed E-state index contributed by atoms with van der Waals surface area (Å²) < 4.78 is 9.96. The van der Waals surface area contributed by atoms with Crippen molar-refractivity contribution in [1.29, 1.82) is 0 Å². The Morgan fingerprint density at radius 3 is 2.41 bits per heavy atom. The summed E-state index contributed by atoms with van der Waals surface area (Å²) in [7, 11) is 1.69. The van der Waals surface area contributed by atoms with Crippen molar-refractivity contribution < 1.29 is 9.53 Å². The van der Waals surface area contributed by atoms with E-state index < -0.39 is 5.56 Å². The molecular weight excluding hydrogens is 436 g/mol. The summed E-state index contributed by atoms with van der Waals surface area (Å²) in [6.45, 7) is 6.48. The van der Waals surface area contributed by atoms with Crippen molar-refractivity contribution in [3.63, 3.8) is 0 Å². The number of aromatic amines is 1. The minimum Gasteiger partial charge on any atom is -0.469 e. The Balaban J connectivity index is 1.65. The van der Waals surface area contributed by atoms with E-state index in [0.717, 1.165) is 12.0 Å². The van der Waals surface area contributed by atoms with Crippen LogP contribution < -0.4 is 16.0 Å². The van der Waals surface area contributed by atoms with Crippen molar-refractivity contribution >= 4 is 16.9 Å². The molecule has 0 aliphatic carbocycles. The maximum atomic E-state index is 12.9. The number of aryl methyl sites for hydroxylation is 3. The second-order valence-electron chi connectivity index (χ2n) is 8.24. The van der Waals surface area contributed by atoms with Crippen molar-refractivity contribution in [2.24, 2.45) is 7.05 Å². The number of fused-ring (bicyclic) bond motifs is 1. The molecule has 0 aliphatic heterocycles. The van der Waals surface area contributed by atoms with Gasteiger partial charge in [-0.15, -0.1) is 0 Å². The first-order valence-electron chi connectivity index (χ1n) is 11.3. The molecule has 0 aliphatic rings. The van der Waals surface area contributed by atoms with E-state index in [4.69, 9.17) is 4.74 Å². The Morgan fingerprint density at radius 1 is 1.06 bits per heavy atom. The number of aromatic nitrogens is 6. The molecule has 0 bridgehead atoms. The van der Waals surface area contributed by atoms with Crippen molar-refractivity contribution in [3.8, 4) is 17.4 Å². The fourth-order valence-corrected chi connectivity index (χ4v) is 3.80. The maximum absolute atomic E-state index is 12.9. The van der Waals surface area contributed by atoms with Gasteiger partial charge in [-0.3, -0.25) is 18.7 Å². The number of Topliss-reactive ketones (excluding diaryl/α,β-unsaturated/α-hetero) is 1. The number of benzene rings is 1. The van der Waals surface area contributed by atoms with Crippen LogP contribution in [0.4, 0.5) is 0 Å². The van der Waals surface area contributed by atoms with Gasteiger partial charge < -0.3 is 9.72 Å². The average Bonchev–Trinajstić information content (AvgIpc) is 3.42. The van der Waals surface area contributed by atoms with Crippen molar-refractivity contribution in [1.82, 2.24) is 28.9 Å². The molecule has 178 valence electrons. The van der Waals surface area contributed by atoms with Crippen LogP contribution in [0.2, 0.25) is 0 Å². The lowest BCUT2D eigenvalue weighted by molar-refractivity contribution is 0.0915. The van der Waals surface area contributed by atoms with Crippen LogP contribution in [-0.4, -0.2) is 41.3 Å². The summed E-state index contributed by atoms with van der Waals surface area (Å²) in [6, 6.07) is 8.94. The molecule has 3 heterocycles. The van der Waals surface area contributed by atoms with Gasteiger partial charge in [-0.2, -0.15) is 5.10 Å². The predicted molar refractivity (Wildman–Crippen MR) is 128 cm³/mol. The molecule has 0 radical (unpaired) electrons. The first-order chi connectivity index (χ1) is 16.3. The van der Waals surface area contributed by atoms with E-state index in [9.17, 15) is 14.4 Å². The first-order valence-corrected chi connectivity index (χ1v) is 11.3. The Kier molecular flexibility index (Phi) is 6.49. The number of nitrogens with one attached hydrogen (secondary N) is 1. The van der Waals surface area contributed by atoms with Gasteiger partial charge in [0.1, 0.15) is 11.2 Å². The van der Waals surface area contributed by atoms with Crippen LogP contribution in [0, 0.1) is 6.92 Å². The molecular formula is C24H28N6O4. The predicted octanol–water partition coefficient (Wildman–Crippen LogP) is 2.68. The number of ketones is 1. The Bertz CT molecular complexity index is 1460. The van der Waals surface area contributed by atoms with Gasteiger partial charge in [-0.05, 0) is 19.8 Å². The van der Waals surface area contributed by atoms with E-state index in [2.05, 4.69) is 15.1 Å². The molecule has 10 heteroatoms. The third kappa shape index (κ3) is 4.30. The van der Waals surface area contributed by atoms with Crippen molar-refractivity contribution in [2.45, 2.75) is 46.7 Å². The zero-order chi connectivity index (χ0) is 24.4. The van der Waals surface area contributed by atoms with Gasteiger partial charge >= 0.3 is 5.69 Å². The van der Waals surface area contributed by atoms with Crippen LogP contribution in [0.3, 0.4) is 0 Å². The molecule has 1 N–H and O–H groups in total. The van der Waals surface area contributed by atoms with Gasteiger partial charge in [0, 0.05) is 31.8 Å². The molecule has 3 aromatic heterocycles. The second kappa shape index (κ2) is 9.50. The van der Waals surface area contributed by atoms with Gasteiger partial charge in [0.25, 0.3) is 5.56 Å². The van der Waals surface area contributed by atoms with Gasteiger partial charge in [0.15, 0.2) is 23.9 Å². The topological polar surface area (TPSA) is 117 Å². The monoisotopic (exact) mass is 464 g/mol. The SMILES string of the molecule is CCCn1c(=O)c2[nH]c(-c3cc(OCC(=O)c4ccc(C)cc4)n(C)n3)nc2n(CCC)c1=O. The molecule has 4 aromatic rings. The summed E-state index contributed by atoms with van der Waals surface area (Å²) in [6.07, 6.45) is 1.38. The molecule has 0 fully saturated rings. The van der Waals surface area contributed by atoms with Crippen LogP contribution in [-0.2, 0) is 20.1 Å². The highest BCUT2D eigenvalue weighted by atomic mass is 16.5. The molecule has 4 rings (SSSR count). The van der Waals surface area contributed by atoms with Crippen LogP contribution >= 0.6 is 0 Å². The van der Waals surface area contributed by atoms with E-state index in [-0.39, 0.29) is 23.6 Å². The molecule has 1 aromatic carbocycles. The Morgan fingerprint density at radius 2 is 1.74 bits per heavy atom. The highest BCUT2D eigenvalue weighted by Crippen LogP contribution is 2.22. The third-order valence-electron chi connectivity index (χ3n) is 5.56. The summed E-state index contributed by atoms with van der Waals surface area (Å²) in [4.78, 5) is 45.8. The number of ether oxygens (including phenoxy) is 1. The number of rotatable bonds is 9. The molecule has 0 amide bonds. The summed E-state index contributed by atoms with van der Waals surface area (Å²) in [5.41, 5.74) is 1.89. The smallest absolute Gasteiger partial charge is 0.332 e. The Hall–Kier alpha value is -3.95. The lowest BCUT2D eigenvalue weighted by Crippen LogP contribution is -2.40. The van der Waals surface area contributed by atoms with Crippen LogP contribution in [0.1, 0.15) is 42.6 Å². The summed E-state index contributed by atoms with van der Waals surface area (Å²) in [5.74, 6) is 0.581. The molecule has 0 atom stereocenters. The zero-order valence-corrected chi connectivity index (χ0v) is 19.8. The minimum absolute atomic E-state index is 0.139. The van der Waals surface area contributed by atoms with E-state index in [0.29, 0.717) is 48.1 Å². The van der Waals surface area contributed by atoms with Crippen LogP contribution in [0.5, 0.6) is 5.88 Å².